The van der Waals surface area contributed by atoms with Crippen molar-refractivity contribution in [1.29, 1.82) is 0 Å². The van der Waals surface area contributed by atoms with Crippen LogP contribution in [0.25, 0.3) is 27.9 Å². The number of para-hydroxylation sites is 1. The summed E-state index contributed by atoms with van der Waals surface area (Å²) in [6, 6.07) is 15.5. The monoisotopic (exact) mass is 342 g/mol. The van der Waals surface area contributed by atoms with E-state index in [-0.39, 0.29) is 16.9 Å². The number of pyridine rings is 1. The first-order valence-corrected chi connectivity index (χ1v) is 8.44. The maximum Gasteiger partial charge on any atom is 0.259 e. The fourth-order valence-electron chi connectivity index (χ4n) is 3.36. The number of fused-ring (bicyclic) bond motifs is 2. The second-order valence-electron chi connectivity index (χ2n) is 6.44. The lowest BCUT2D eigenvalue weighted by Gasteiger charge is -2.06. The molecule has 0 fully saturated rings. The molecule has 0 aliphatic rings. The SMILES string of the molecule is Cc1c(C(=O)C=Cc2ccc3c(ccn3C)c2)c(=O)[nH]c2ccccc12. The molecular weight excluding hydrogens is 324 g/mol. The van der Waals surface area contributed by atoms with Crippen molar-refractivity contribution in [3.05, 3.63) is 87.8 Å². The second kappa shape index (κ2) is 6.15. The molecule has 0 aliphatic carbocycles. The lowest BCUT2D eigenvalue weighted by atomic mass is 10.0. The quantitative estimate of drug-likeness (QED) is 0.447. The van der Waals surface area contributed by atoms with Gasteiger partial charge >= 0.3 is 0 Å². The standard InChI is InChI=1S/C22H18N2O2/c1-14-17-5-3-4-6-18(17)23-22(26)21(14)20(25)10-8-15-7-9-19-16(13-15)11-12-24(19)2/h3-13H,1-2H3,(H,23,26). The topological polar surface area (TPSA) is 54.9 Å². The first-order valence-electron chi connectivity index (χ1n) is 8.44. The van der Waals surface area contributed by atoms with Crippen LogP contribution in [0.5, 0.6) is 0 Å². The fraction of sp³-hybridized carbons (Fsp3) is 0.0909. The Morgan fingerprint density at radius 2 is 1.92 bits per heavy atom. The van der Waals surface area contributed by atoms with Gasteiger partial charge in [-0.05, 0) is 48.4 Å². The van der Waals surface area contributed by atoms with Crippen molar-refractivity contribution >= 4 is 33.7 Å². The first kappa shape index (κ1) is 16.1. The van der Waals surface area contributed by atoms with Crippen molar-refractivity contribution in [3.8, 4) is 0 Å². The van der Waals surface area contributed by atoms with Gasteiger partial charge in [-0.25, -0.2) is 0 Å². The van der Waals surface area contributed by atoms with Gasteiger partial charge in [0, 0.05) is 35.1 Å². The predicted molar refractivity (Wildman–Crippen MR) is 106 cm³/mol. The zero-order valence-corrected chi connectivity index (χ0v) is 14.6. The number of H-pyrrole nitrogens is 1. The Morgan fingerprint density at radius 1 is 1.12 bits per heavy atom. The van der Waals surface area contributed by atoms with Gasteiger partial charge in [-0.3, -0.25) is 9.59 Å². The fourth-order valence-corrected chi connectivity index (χ4v) is 3.36. The molecule has 4 aromatic rings. The van der Waals surface area contributed by atoms with E-state index in [9.17, 15) is 9.59 Å². The number of hydrogen-bond acceptors (Lipinski definition) is 2. The van der Waals surface area contributed by atoms with Crippen molar-refractivity contribution in [2.24, 2.45) is 7.05 Å². The number of aryl methyl sites for hydroxylation is 2. The molecule has 0 bridgehead atoms. The zero-order valence-electron chi connectivity index (χ0n) is 14.6. The van der Waals surface area contributed by atoms with Crippen LogP contribution >= 0.6 is 0 Å². The van der Waals surface area contributed by atoms with Crippen LogP contribution in [0.15, 0.2) is 65.6 Å². The van der Waals surface area contributed by atoms with E-state index in [1.165, 1.54) is 6.08 Å². The van der Waals surface area contributed by atoms with Crippen LogP contribution in [0.2, 0.25) is 0 Å². The van der Waals surface area contributed by atoms with Gasteiger partial charge in [0.05, 0.1) is 5.56 Å². The summed E-state index contributed by atoms with van der Waals surface area (Å²) >= 11 is 0. The largest absolute Gasteiger partial charge is 0.351 e. The molecule has 4 rings (SSSR count). The summed E-state index contributed by atoms with van der Waals surface area (Å²) in [7, 11) is 2.00. The highest BCUT2D eigenvalue weighted by Gasteiger charge is 2.14. The van der Waals surface area contributed by atoms with Crippen molar-refractivity contribution in [3.63, 3.8) is 0 Å². The van der Waals surface area contributed by atoms with Crippen molar-refractivity contribution in [1.82, 2.24) is 9.55 Å². The van der Waals surface area contributed by atoms with E-state index in [0.29, 0.717) is 5.56 Å². The average Bonchev–Trinajstić information content (AvgIpc) is 3.00. The highest BCUT2D eigenvalue weighted by atomic mass is 16.1. The Morgan fingerprint density at radius 3 is 2.77 bits per heavy atom. The molecule has 0 saturated carbocycles. The van der Waals surface area contributed by atoms with Crippen molar-refractivity contribution in [2.75, 3.05) is 0 Å². The number of aromatic nitrogens is 2. The summed E-state index contributed by atoms with van der Waals surface area (Å²) in [5.74, 6) is -0.289. The minimum atomic E-state index is -0.352. The van der Waals surface area contributed by atoms with E-state index in [4.69, 9.17) is 0 Å². The van der Waals surface area contributed by atoms with Crippen LogP contribution < -0.4 is 5.56 Å². The number of nitrogens with one attached hydrogen (secondary N) is 1. The third-order valence-electron chi connectivity index (χ3n) is 4.76. The lowest BCUT2D eigenvalue weighted by Crippen LogP contribution is -2.18. The van der Waals surface area contributed by atoms with Gasteiger partial charge in [0.25, 0.3) is 5.56 Å². The number of carbonyl (C=O) groups is 1. The molecule has 2 heterocycles. The molecule has 0 amide bonds. The molecule has 0 aliphatic heterocycles. The van der Waals surface area contributed by atoms with Crippen LogP contribution in [0.4, 0.5) is 0 Å². The Balaban J connectivity index is 1.72. The third kappa shape index (κ3) is 2.65. The van der Waals surface area contributed by atoms with Gasteiger partial charge in [-0.1, -0.05) is 30.3 Å². The van der Waals surface area contributed by atoms with E-state index in [0.717, 1.165) is 27.4 Å². The number of benzene rings is 2. The summed E-state index contributed by atoms with van der Waals surface area (Å²) in [4.78, 5) is 27.8. The summed E-state index contributed by atoms with van der Waals surface area (Å²) in [5, 5.41) is 2.00. The van der Waals surface area contributed by atoms with Crippen LogP contribution in [0.1, 0.15) is 21.5 Å². The average molecular weight is 342 g/mol. The van der Waals surface area contributed by atoms with Crippen molar-refractivity contribution < 1.29 is 4.79 Å². The number of allylic oxidation sites excluding steroid dienone is 1. The summed E-state index contributed by atoms with van der Waals surface area (Å²) in [6.45, 7) is 1.81. The lowest BCUT2D eigenvalue weighted by molar-refractivity contribution is 0.104. The number of nitrogens with zero attached hydrogens (tertiary/aromatic N) is 1. The number of carbonyl (C=O) groups excluding carboxylic acids is 1. The third-order valence-corrected chi connectivity index (χ3v) is 4.76. The Hall–Kier alpha value is -3.40. The number of rotatable bonds is 3. The van der Waals surface area contributed by atoms with Crippen molar-refractivity contribution in [2.45, 2.75) is 6.92 Å². The van der Waals surface area contributed by atoms with Crippen LogP contribution in [-0.2, 0) is 7.05 Å². The Labute approximate surface area is 150 Å². The Kier molecular flexibility index (Phi) is 3.81. The van der Waals surface area contributed by atoms with E-state index in [2.05, 4.69) is 4.98 Å². The molecule has 4 nitrogen and oxygen atoms in total. The number of ketones is 1. The zero-order chi connectivity index (χ0) is 18.3. The minimum Gasteiger partial charge on any atom is -0.351 e. The molecule has 0 unspecified atom stereocenters. The molecule has 0 atom stereocenters. The first-order chi connectivity index (χ1) is 12.5. The highest BCUT2D eigenvalue weighted by Crippen LogP contribution is 2.19. The molecule has 2 aromatic heterocycles. The summed E-state index contributed by atoms with van der Waals surface area (Å²) < 4.78 is 2.05. The second-order valence-corrected chi connectivity index (χ2v) is 6.44. The smallest absolute Gasteiger partial charge is 0.259 e. The maximum absolute atomic E-state index is 12.7. The minimum absolute atomic E-state index is 0.195. The highest BCUT2D eigenvalue weighted by molar-refractivity contribution is 6.09. The number of aromatic amines is 1. The van der Waals surface area contributed by atoms with Gasteiger partial charge in [0.15, 0.2) is 5.78 Å². The molecule has 4 heteroatoms. The molecule has 2 aromatic carbocycles. The van der Waals surface area contributed by atoms with Gasteiger partial charge < -0.3 is 9.55 Å². The van der Waals surface area contributed by atoms with Crippen LogP contribution in [-0.4, -0.2) is 15.3 Å². The van der Waals surface area contributed by atoms with E-state index >= 15 is 0 Å². The van der Waals surface area contributed by atoms with E-state index < -0.39 is 0 Å². The summed E-state index contributed by atoms with van der Waals surface area (Å²) in [5.41, 5.74) is 3.35. The summed E-state index contributed by atoms with van der Waals surface area (Å²) in [6.07, 6.45) is 5.22. The van der Waals surface area contributed by atoms with E-state index in [1.807, 2.05) is 73.3 Å². The molecular formula is C22H18N2O2. The molecule has 128 valence electrons. The molecule has 0 spiro atoms. The predicted octanol–water partition coefficient (Wildman–Crippen LogP) is 4.22. The molecule has 0 saturated heterocycles. The van der Waals surface area contributed by atoms with Crippen LogP contribution in [0, 0.1) is 6.92 Å². The maximum atomic E-state index is 12.7. The van der Waals surface area contributed by atoms with Gasteiger partial charge in [-0.15, -0.1) is 0 Å². The normalized spacial score (nSPS) is 11.6. The molecule has 26 heavy (non-hydrogen) atoms. The molecule has 1 N–H and O–H groups in total. The van der Waals surface area contributed by atoms with Gasteiger partial charge in [0.2, 0.25) is 0 Å². The van der Waals surface area contributed by atoms with E-state index in [1.54, 1.807) is 6.08 Å². The van der Waals surface area contributed by atoms with Crippen LogP contribution in [0.3, 0.4) is 0 Å². The Bertz CT molecular complexity index is 1240. The number of hydrogen-bond donors (Lipinski definition) is 1. The molecule has 0 radical (unpaired) electrons. The van der Waals surface area contributed by atoms with Gasteiger partial charge in [-0.2, -0.15) is 0 Å². The van der Waals surface area contributed by atoms with Gasteiger partial charge in [0.1, 0.15) is 0 Å².